The molecule has 0 aliphatic heterocycles. The third-order valence-electron chi connectivity index (χ3n) is 3.60. The first-order valence-electron chi connectivity index (χ1n) is 6.43. The van der Waals surface area contributed by atoms with Crippen molar-refractivity contribution in [2.75, 3.05) is 0 Å². The highest BCUT2D eigenvalue weighted by atomic mass is 14.1. The first-order chi connectivity index (χ1) is 7.06. The smallest absolute Gasteiger partial charge is 0.0231 e. The Labute approximate surface area is 96.5 Å². The molecule has 0 heterocycles. The van der Waals surface area contributed by atoms with Crippen LogP contribution in [0.4, 0.5) is 0 Å². The summed E-state index contributed by atoms with van der Waals surface area (Å²) in [7, 11) is 0. The third kappa shape index (κ3) is 5.20. The van der Waals surface area contributed by atoms with Crippen molar-refractivity contribution >= 4 is 0 Å². The third-order valence-corrected chi connectivity index (χ3v) is 3.60. The van der Waals surface area contributed by atoms with Crippen LogP contribution in [0.25, 0.3) is 0 Å². The van der Waals surface area contributed by atoms with Gasteiger partial charge in [0, 0.05) is 0 Å². The molecule has 0 nitrogen and oxygen atoms in total. The molecule has 0 heteroatoms. The molecule has 0 N–H and O–H groups in total. The Hall–Kier alpha value is -0.520. The van der Waals surface area contributed by atoms with Crippen molar-refractivity contribution in [3.63, 3.8) is 0 Å². The predicted molar refractivity (Wildman–Crippen MR) is 71.0 cm³/mol. The fourth-order valence-electron chi connectivity index (χ4n) is 1.62. The van der Waals surface area contributed by atoms with Gasteiger partial charge in [0.1, 0.15) is 0 Å². The summed E-state index contributed by atoms with van der Waals surface area (Å²) in [6, 6.07) is 0. The molecule has 0 saturated carbocycles. The maximum Gasteiger partial charge on any atom is -0.0231 e. The van der Waals surface area contributed by atoms with Crippen LogP contribution < -0.4 is 0 Å². The van der Waals surface area contributed by atoms with Crippen LogP contribution in [0.15, 0.2) is 23.3 Å². The Morgan fingerprint density at radius 2 is 1.47 bits per heavy atom. The molecule has 0 aliphatic carbocycles. The fourth-order valence-corrected chi connectivity index (χ4v) is 1.62. The summed E-state index contributed by atoms with van der Waals surface area (Å²) in [6.45, 7) is 13.6. The van der Waals surface area contributed by atoms with E-state index < -0.39 is 0 Å². The Balaban J connectivity index is 4.57. The molecule has 0 aromatic carbocycles. The van der Waals surface area contributed by atoms with Crippen LogP contribution in [0.3, 0.4) is 0 Å². The summed E-state index contributed by atoms with van der Waals surface area (Å²) in [5, 5.41) is 0. The van der Waals surface area contributed by atoms with Crippen molar-refractivity contribution in [2.24, 2.45) is 11.8 Å². The van der Waals surface area contributed by atoms with Crippen LogP contribution >= 0.6 is 0 Å². The van der Waals surface area contributed by atoms with E-state index in [4.69, 9.17) is 0 Å². The second-order valence-corrected chi connectivity index (χ2v) is 4.62. The van der Waals surface area contributed by atoms with Crippen LogP contribution in [-0.4, -0.2) is 0 Å². The number of hydrogen-bond donors (Lipinski definition) is 0. The van der Waals surface area contributed by atoms with E-state index in [1.54, 1.807) is 5.57 Å². The minimum atomic E-state index is 0.719. The Bertz CT molecular complexity index is 220. The van der Waals surface area contributed by atoms with Crippen molar-refractivity contribution in [3.05, 3.63) is 23.3 Å². The minimum Gasteiger partial charge on any atom is -0.0705 e. The van der Waals surface area contributed by atoms with Crippen molar-refractivity contribution in [2.45, 2.75) is 60.8 Å². The van der Waals surface area contributed by atoms with Crippen LogP contribution in [0.5, 0.6) is 0 Å². The Morgan fingerprint density at radius 3 is 1.87 bits per heavy atom. The average molecular weight is 208 g/mol. The van der Waals surface area contributed by atoms with Gasteiger partial charge >= 0.3 is 0 Å². The van der Waals surface area contributed by atoms with Gasteiger partial charge in [0.15, 0.2) is 0 Å². The highest BCUT2D eigenvalue weighted by Gasteiger charge is 2.04. The Morgan fingerprint density at radius 1 is 0.933 bits per heavy atom. The molecular weight excluding hydrogens is 180 g/mol. The summed E-state index contributed by atoms with van der Waals surface area (Å²) >= 11 is 0. The first-order valence-corrected chi connectivity index (χ1v) is 6.43. The van der Waals surface area contributed by atoms with Crippen LogP contribution in [0.1, 0.15) is 60.8 Å². The molecule has 88 valence electrons. The van der Waals surface area contributed by atoms with Crippen molar-refractivity contribution in [1.82, 2.24) is 0 Å². The number of hydrogen-bond acceptors (Lipinski definition) is 0. The molecule has 2 atom stereocenters. The van der Waals surface area contributed by atoms with E-state index in [9.17, 15) is 0 Å². The number of rotatable bonds is 6. The van der Waals surface area contributed by atoms with Gasteiger partial charge < -0.3 is 0 Å². The molecule has 0 spiro atoms. The topological polar surface area (TPSA) is 0 Å². The molecule has 0 saturated heterocycles. The second-order valence-electron chi connectivity index (χ2n) is 4.62. The summed E-state index contributed by atoms with van der Waals surface area (Å²) in [5.74, 6) is 1.45. The zero-order valence-corrected chi connectivity index (χ0v) is 11.4. The summed E-state index contributed by atoms with van der Waals surface area (Å²) in [5.41, 5.74) is 3.09. The minimum absolute atomic E-state index is 0.719. The lowest BCUT2D eigenvalue weighted by molar-refractivity contribution is 0.631. The molecule has 0 fully saturated rings. The van der Waals surface area contributed by atoms with Gasteiger partial charge in [0.25, 0.3) is 0 Å². The van der Waals surface area contributed by atoms with Crippen molar-refractivity contribution < 1.29 is 0 Å². The summed E-state index contributed by atoms with van der Waals surface area (Å²) < 4.78 is 0. The molecular formula is C15H28. The zero-order chi connectivity index (χ0) is 11.8. The molecule has 0 rings (SSSR count). The maximum absolute atomic E-state index is 2.34. The first kappa shape index (κ1) is 14.5. The van der Waals surface area contributed by atoms with E-state index in [2.05, 4.69) is 53.7 Å². The monoisotopic (exact) mass is 208 g/mol. The Kier molecular flexibility index (Phi) is 7.46. The van der Waals surface area contributed by atoms with Crippen LogP contribution in [0, 0.1) is 11.8 Å². The van der Waals surface area contributed by atoms with E-state index in [0.29, 0.717) is 0 Å². The lowest BCUT2D eigenvalue weighted by atomic mass is 9.94. The van der Waals surface area contributed by atoms with E-state index in [1.165, 1.54) is 24.8 Å². The lowest BCUT2D eigenvalue weighted by Crippen LogP contribution is -1.97. The van der Waals surface area contributed by atoms with Crippen LogP contribution in [0.2, 0.25) is 0 Å². The normalized spacial score (nSPS) is 17.7. The predicted octanol–water partition coefficient (Wildman–Crippen LogP) is 5.36. The average Bonchev–Trinajstić information content (AvgIpc) is 2.27. The fraction of sp³-hybridized carbons (Fsp3) is 0.733. The quantitative estimate of drug-likeness (QED) is 0.515. The maximum atomic E-state index is 2.34. The van der Waals surface area contributed by atoms with Gasteiger partial charge in [-0.3, -0.25) is 0 Å². The molecule has 2 unspecified atom stereocenters. The van der Waals surface area contributed by atoms with E-state index >= 15 is 0 Å². The largest absolute Gasteiger partial charge is 0.0705 e. The summed E-state index contributed by atoms with van der Waals surface area (Å²) in [6.07, 6.45) is 8.32. The molecule has 15 heavy (non-hydrogen) atoms. The van der Waals surface area contributed by atoms with E-state index in [0.717, 1.165) is 11.8 Å². The van der Waals surface area contributed by atoms with Gasteiger partial charge in [-0.25, -0.2) is 0 Å². The van der Waals surface area contributed by atoms with Crippen molar-refractivity contribution in [1.29, 1.82) is 0 Å². The SMILES string of the molecule is CC/C(=C\C=C(/C)C(C)CC)C(C)CC. The molecule has 0 radical (unpaired) electrons. The summed E-state index contributed by atoms with van der Waals surface area (Å²) in [4.78, 5) is 0. The van der Waals surface area contributed by atoms with Crippen LogP contribution in [-0.2, 0) is 0 Å². The standard InChI is InChI=1S/C15H28/c1-7-12(4)14(6)10-11-15(9-3)13(5)8-2/h10-13H,7-9H2,1-6H3/b14-10+,15-11+. The molecule has 0 amide bonds. The highest BCUT2D eigenvalue weighted by molar-refractivity contribution is 5.19. The lowest BCUT2D eigenvalue weighted by Gasteiger charge is -2.12. The van der Waals surface area contributed by atoms with Crippen molar-refractivity contribution in [3.8, 4) is 0 Å². The number of allylic oxidation sites excluding steroid dienone is 4. The molecule has 0 aromatic rings. The highest BCUT2D eigenvalue weighted by Crippen LogP contribution is 2.19. The van der Waals surface area contributed by atoms with E-state index in [-0.39, 0.29) is 0 Å². The second kappa shape index (κ2) is 7.73. The zero-order valence-electron chi connectivity index (χ0n) is 11.4. The molecule has 0 aliphatic rings. The van der Waals surface area contributed by atoms with Gasteiger partial charge in [-0.1, -0.05) is 57.9 Å². The van der Waals surface area contributed by atoms with Gasteiger partial charge in [-0.2, -0.15) is 0 Å². The van der Waals surface area contributed by atoms with Gasteiger partial charge in [0.2, 0.25) is 0 Å². The van der Waals surface area contributed by atoms with Gasteiger partial charge in [0.05, 0.1) is 0 Å². The van der Waals surface area contributed by atoms with Gasteiger partial charge in [-0.15, -0.1) is 0 Å². The molecule has 0 aromatic heterocycles. The molecule has 0 bridgehead atoms. The van der Waals surface area contributed by atoms with Gasteiger partial charge in [-0.05, 0) is 38.0 Å². The van der Waals surface area contributed by atoms with E-state index in [1.807, 2.05) is 0 Å².